The predicted octanol–water partition coefficient (Wildman–Crippen LogP) is 2.62. The van der Waals surface area contributed by atoms with Gasteiger partial charge in [-0.25, -0.2) is 9.79 Å². The van der Waals surface area contributed by atoms with E-state index in [1.165, 1.54) is 0 Å². The molecule has 0 bridgehead atoms. The second-order valence-electron chi connectivity index (χ2n) is 5.12. The number of cyclic esters (lactones) is 1. The normalized spacial score (nSPS) is 16.7. The first-order valence-electron chi connectivity index (χ1n) is 7.27. The Hall–Kier alpha value is -2.82. The van der Waals surface area contributed by atoms with Gasteiger partial charge in [-0.1, -0.05) is 24.3 Å². The van der Waals surface area contributed by atoms with Crippen LogP contribution in [0.5, 0.6) is 11.5 Å². The molecule has 5 heteroatoms. The lowest BCUT2D eigenvalue weighted by molar-refractivity contribution is -0.134. The van der Waals surface area contributed by atoms with E-state index >= 15 is 0 Å². The number of rotatable bonds is 5. The van der Waals surface area contributed by atoms with Gasteiger partial charge in [0, 0.05) is 18.1 Å². The summed E-state index contributed by atoms with van der Waals surface area (Å²) in [7, 11) is 3.18. The minimum atomic E-state index is -0.562. The first-order chi connectivity index (χ1) is 11.2. The van der Waals surface area contributed by atoms with E-state index in [1.54, 1.807) is 20.3 Å². The van der Waals surface area contributed by atoms with Gasteiger partial charge in [0.15, 0.2) is 6.04 Å². The Balaban J connectivity index is 1.83. The van der Waals surface area contributed by atoms with Crippen molar-refractivity contribution < 1.29 is 19.0 Å². The Bertz CT molecular complexity index is 740. The van der Waals surface area contributed by atoms with Crippen molar-refractivity contribution in [2.24, 2.45) is 4.99 Å². The van der Waals surface area contributed by atoms with Crippen molar-refractivity contribution in [3.05, 3.63) is 59.7 Å². The van der Waals surface area contributed by atoms with E-state index in [0.29, 0.717) is 23.8 Å². The molecule has 3 rings (SSSR count). The number of esters is 1. The van der Waals surface area contributed by atoms with E-state index < -0.39 is 6.04 Å². The molecule has 2 aromatic carbocycles. The Kier molecular flexibility index (Phi) is 4.28. The topological polar surface area (TPSA) is 57.1 Å². The highest BCUT2D eigenvalue weighted by Crippen LogP contribution is 2.27. The van der Waals surface area contributed by atoms with Gasteiger partial charge < -0.3 is 14.2 Å². The van der Waals surface area contributed by atoms with Crippen LogP contribution >= 0.6 is 0 Å². The van der Waals surface area contributed by atoms with E-state index in [-0.39, 0.29) is 5.97 Å². The van der Waals surface area contributed by atoms with Crippen LogP contribution in [-0.2, 0) is 16.0 Å². The SMILES string of the molecule is COc1ccc(CC2N=C(c3ccccc3)OC2=O)c(OC)c1. The fraction of sp³-hybridized carbons (Fsp3) is 0.222. The zero-order chi connectivity index (χ0) is 16.2. The first kappa shape index (κ1) is 15.1. The van der Waals surface area contributed by atoms with Crippen molar-refractivity contribution in [3.63, 3.8) is 0 Å². The Labute approximate surface area is 134 Å². The molecule has 0 spiro atoms. The van der Waals surface area contributed by atoms with Gasteiger partial charge in [0.05, 0.1) is 14.2 Å². The van der Waals surface area contributed by atoms with Crippen molar-refractivity contribution in [3.8, 4) is 11.5 Å². The summed E-state index contributed by atoms with van der Waals surface area (Å²) in [6.45, 7) is 0. The van der Waals surface area contributed by atoms with Crippen LogP contribution in [0.1, 0.15) is 11.1 Å². The van der Waals surface area contributed by atoms with Gasteiger partial charge in [-0.15, -0.1) is 0 Å². The zero-order valence-corrected chi connectivity index (χ0v) is 13.0. The molecule has 0 N–H and O–H groups in total. The summed E-state index contributed by atoms with van der Waals surface area (Å²) in [5.41, 5.74) is 1.68. The number of carbonyl (C=O) groups is 1. The molecule has 2 aromatic rings. The number of hydrogen-bond acceptors (Lipinski definition) is 5. The maximum Gasteiger partial charge on any atom is 0.338 e. The minimum absolute atomic E-state index is 0.346. The number of carbonyl (C=O) groups excluding carboxylic acids is 1. The predicted molar refractivity (Wildman–Crippen MR) is 86.1 cm³/mol. The molecule has 0 saturated carbocycles. The maximum absolute atomic E-state index is 12.1. The Morgan fingerprint density at radius 3 is 2.57 bits per heavy atom. The highest BCUT2D eigenvalue weighted by molar-refractivity contribution is 6.06. The van der Waals surface area contributed by atoms with Crippen LogP contribution < -0.4 is 9.47 Å². The number of benzene rings is 2. The number of methoxy groups -OCH3 is 2. The van der Waals surface area contributed by atoms with Crippen LogP contribution in [0.4, 0.5) is 0 Å². The summed E-state index contributed by atoms with van der Waals surface area (Å²) >= 11 is 0. The number of hydrogen-bond donors (Lipinski definition) is 0. The molecule has 1 atom stereocenters. The van der Waals surface area contributed by atoms with Crippen molar-refractivity contribution in [2.75, 3.05) is 14.2 Å². The third-order valence-electron chi connectivity index (χ3n) is 3.67. The standard InChI is InChI=1S/C18H17NO4/c1-21-14-9-8-13(16(11-14)22-2)10-15-18(20)23-17(19-15)12-6-4-3-5-7-12/h3-9,11,15H,10H2,1-2H3. The number of aliphatic imine (C=N–C) groups is 1. The lowest BCUT2D eigenvalue weighted by Crippen LogP contribution is -2.18. The van der Waals surface area contributed by atoms with Gasteiger partial charge in [0.2, 0.25) is 5.90 Å². The highest BCUT2D eigenvalue weighted by Gasteiger charge is 2.30. The number of ether oxygens (including phenoxy) is 3. The average Bonchev–Trinajstić information content (AvgIpc) is 2.97. The molecule has 118 valence electrons. The number of nitrogens with zero attached hydrogens (tertiary/aromatic N) is 1. The Morgan fingerprint density at radius 1 is 1.09 bits per heavy atom. The van der Waals surface area contributed by atoms with Crippen LogP contribution in [0.2, 0.25) is 0 Å². The molecule has 0 aromatic heterocycles. The van der Waals surface area contributed by atoms with Gasteiger partial charge in [-0.05, 0) is 23.8 Å². The molecule has 5 nitrogen and oxygen atoms in total. The van der Waals surface area contributed by atoms with Gasteiger partial charge >= 0.3 is 5.97 Å². The summed E-state index contributed by atoms with van der Waals surface area (Å²) in [6.07, 6.45) is 0.419. The van der Waals surface area contributed by atoms with Gasteiger partial charge in [-0.2, -0.15) is 0 Å². The lowest BCUT2D eigenvalue weighted by atomic mass is 10.1. The summed E-state index contributed by atoms with van der Waals surface area (Å²) < 4.78 is 15.8. The summed E-state index contributed by atoms with van der Waals surface area (Å²) in [6, 6.07) is 14.3. The molecule has 23 heavy (non-hydrogen) atoms. The molecule has 1 unspecified atom stereocenters. The van der Waals surface area contributed by atoms with E-state index in [2.05, 4.69) is 4.99 Å². The van der Waals surface area contributed by atoms with Crippen molar-refractivity contribution >= 4 is 11.9 Å². The second kappa shape index (κ2) is 6.52. The van der Waals surface area contributed by atoms with Gasteiger partial charge in [-0.3, -0.25) is 0 Å². The zero-order valence-electron chi connectivity index (χ0n) is 13.0. The summed E-state index contributed by atoms with van der Waals surface area (Å²) in [4.78, 5) is 16.5. The van der Waals surface area contributed by atoms with Crippen LogP contribution in [-0.4, -0.2) is 32.1 Å². The summed E-state index contributed by atoms with van der Waals surface area (Å²) in [5.74, 6) is 1.39. The third kappa shape index (κ3) is 3.18. The molecule has 0 radical (unpaired) electrons. The van der Waals surface area contributed by atoms with E-state index in [0.717, 1.165) is 11.1 Å². The van der Waals surface area contributed by atoms with E-state index in [4.69, 9.17) is 14.2 Å². The molecule has 0 saturated heterocycles. The Morgan fingerprint density at radius 2 is 1.87 bits per heavy atom. The fourth-order valence-electron chi connectivity index (χ4n) is 2.46. The highest BCUT2D eigenvalue weighted by atomic mass is 16.6. The largest absolute Gasteiger partial charge is 0.497 e. The molecule has 0 amide bonds. The van der Waals surface area contributed by atoms with E-state index in [1.807, 2.05) is 42.5 Å². The average molecular weight is 311 g/mol. The van der Waals surface area contributed by atoms with Gasteiger partial charge in [0.25, 0.3) is 0 Å². The maximum atomic E-state index is 12.1. The fourth-order valence-corrected chi connectivity index (χ4v) is 2.46. The van der Waals surface area contributed by atoms with Gasteiger partial charge in [0.1, 0.15) is 11.5 Å². The molecular weight excluding hydrogens is 294 g/mol. The van der Waals surface area contributed by atoms with Crippen LogP contribution in [0, 0.1) is 0 Å². The lowest BCUT2D eigenvalue weighted by Gasteiger charge is -2.11. The monoisotopic (exact) mass is 311 g/mol. The van der Waals surface area contributed by atoms with Crippen molar-refractivity contribution in [1.82, 2.24) is 0 Å². The van der Waals surface area contributed by atoms with Crippen molar-refractivity contribution in [2.45, 2.75) is 12.5 Å². The smallest absolute Gasteiger partial charge is 0.338 e. The van der Waals surface area contributed by atoms with Crippen LogP contribution in [0.25, 0.3) is 0 Å². The third-order valence-corrected chi connectivity index (χ3v) is 3.67. The van der Waals surface area contributed by atoms with Crippen LogP contribution in [0.3, 0.4) is 0 Å². The van der Waals surface area contributed by atoms with Crippen LogP contribution in [0.15, 0.2) is 53.5 Å². The second-order valence-corrected chi connectivity index (χ2v) is 5.12. The molecule has 1 aliphatic rings. The molecular formula is C18H17NO4. The molecule has 1 heterocycles. The molecule has 0 fully saturated rings. The molecule has 0 aliphatic carbocycles. The first-order valence-corrected chi connectivity index (χ1v) is 7.27. The minimum Gasteiger partial charge on any atom is -0.497 e. The molecule has 1 aliphatic heterocycles. The summed E-state index contributed by atoms with van der Waals surface area (Å²) in [5, 5.41) is 0. The van der Waals surface area contributed by atoms with E-state index in [9.17, 15) is 4.79 Å². The van der Waals surface area contributed by atoms with Crippen molar-refractivity contribution in [1.29, 1.82) is 0 Å². The quantitative estimate of drug-likeness (QED) is 0.797.